The van der Waals surface area contributed by atoms with Gasteiger partial charge in [0.2, 0.25) is 0 Å². The van der Waals surface area contributed by atoms with Gasteiger partial charge in [-0.05, 0) is 42.4 Å². The highest BCUT2D eigenvalue weighted by Crippen LogP contribution is 2.27. The van der Waals surface area contributed by atoms with E-state index in [1.807, 2.05) is 41.4 Å². The molecule has 1 amide bonds. The Kier molecular flexibility index (Phi) is 3.80. The molecule has 4 aromatic rings. The smallest absolute Gasteiger partial charge is 0.292 e. The minimum atomic E-state index is 0.0278. The number of anilines is 1. The van der Waals surface area contributed by atoms with Crippen LogP contribution in [0.2, 0.25) is 0 Å². The fourth-order valence-electron chi connectivity index (χ4n) is 3.63. The first-order valence-electron chi connectivity index (χ1n) is 9.20. The van der Waals surface area contributed by atoms with E-state index in [1.54, 1.807) is 10.7 Å². The summed E-state index contributed by atoms with van der Waals surface area (Å²) in [7, 11) is 2.07. The molecule has 1 aromatic carbocycles. The number of fused-ring (bicyclic) bond motifs is 2. The van der Waals surface area contributed by atoms with Crippen molar-refractivity contribution in [2.45, 2.75) is 0 Å². The monoisotopic (exact) mass is 376 g/mol. The van der Waals surface area contributed by atoms with Crippen LogP contribution in [0.5, 0.6) is 0 Å². The summed E-state index contributed by atoms with van der Waals surface area (Å²) >= 11 is 0. The number of nitrogen functional groups attached to an aromatic ring is 1. The van der Waals surface area contributed by atoms with Gasteiger partial charge in [-0.25, -0.2) is 4.52 Å². The molecule has 0 bridgehead atoms. The number of carbonyl (C=O) groups excluding carboxylic acids is 1. The molecule has 0 saturated carbocycles. The molecule has 142 valence electrons. The number of nitrogens with two attached hydrogens (primary N) is 1. The lowest BCUT2D eigenvalue weighted by Gasteiger charge is -2.32. The lowest BCUT2D eigenvalue weighted by Crippen LogP contribution is -2.47. The SMILES string of the molecule is CN1CCN(C(=O)c2cnn3ccc(-c4ccc5oc(N)nc5c4)cc23)CC1. The third-order valence-corrected chi connectivity index (χ3v) is 5.28. The molecule has 0 unspecified atom stereocenters. The van der Waals surface area contributed by atoms with Crippen LogP contribution in [0.25, 0.3) is 27.7 Å². The number of hydrogen-bond donors (Lipinski definition) is 1. The van der Waals surface area contributed by atoms with Gasteiger partial charge in [-0.3, -0.25) is 4.79 Å². The highest BCUT2D eigenvalue weighted by molar-refractivity contribution is 6.01. The second-order valence-electron chi connectivity index (χ2n) is 7.13. The van der Waals surface area contributed by atoms with Crippen molar-refractivity contribution in [3.05, 3.63) is 48.3 Å². The molecule has 28 heavy (non-hydrogen) atoms. The summed E-state index contributed by atoms with van der Waals surface area (Å²) in [6, 6.07) is 9.84. The highest BCUT2D eigenvalue weighted by atomic mass is 16.4. The molecule has 2 N–H and O–H groups in total. The number of pyridine rings is 1. The summed E-state index contributed by atoms with van der Waals surface area (Å²) in [6.07, 6.45) is 3.52. The van der Waals surface area contributed by atoms with Gasteiger partial charge in [0.1, 0.15) is 5.52 Å². The maximum Gasteiger partial charge on any atom is 0.292 e. The van der Waals surface area contributed by atoms with E-state index < -0.39 is 0 Å². The highest BCUT2D eigenvalue weighted by Gasteiger charge is 2.23. The van der Waals surface area contributed by atoms with E-state index in [-0.39, 0.29) is 11.9 Å². The quantitative estimate of drug-likeness (QED) is 0.576. The number of rotatable bonds is 2. The van der Waals surface area contributed by atoms with Crippen molar-refractivity contribution in [2.24, 2.45) is 0 Å². The Bertz CT molecular complexity index is 1190. The van der Waals surface area contributed by atoms with Gasteiger partial charge in [0, 0.05) is 32.4 Å². The average molecular weight is 376 g/mol. The number of benzene rings is 1. The molecule has 4 heterocycles. The Morgan fingerprint density at radius 3 is 2.71 bits per heavy atom. The Hall–Kier alpha value is -3.39. The Morgan fingerprint density at radius 1 is 1.11 bits per heavy atom. The first-order chi connectivity index (χ1) is 13.6. The summed E-state index contributed by atoms with van der Waals surface area (Å²) in [5.41, 5.74) is 10.4. The topological polar surface area (TPSA) is 92.9 Å². The fraction of sp³-hybridized carbons (Fsp3) is 0.250. The van der Waals surface area contributed by atoms with E-state index in [0.717, 1.165) is 42.8 Å². The van der Waals surface area contributed by atoms with Crippen LogP contribution in [0.15, 0.2) is 47.1 Å². The van der Waals surface area contributed by atoms with Crippen LogP contribution in [0, 0.1) is 0 Å². The minimum absolute atomic E-state index is 0.0278. The second kappa shape index (κ2) is 6.35. The van der Waals surface area contributed by atoms with Crippen LogP contribution in [-0.4, -0.2) is 63.5 Å². The van der Waals surface area contributed by atoms with Crippen molar-refractivity contribution in [3.63, 3.8) is 0 Å². The van der Waals surface area contributed by atoms with Crippen molar-refractivity contribution in [1.82, 2.24) is 24.4 Å². The third kappa shape index (κ3) is 2.78. The van der Waals surface area contributed by atoms with E-state index in [0.29, 0.717) is 16.7 Å². The zero-order valence-corrected chi connectivity index (χ0v) is 15.5. The van der Waals surface area contributed by atoms with Crippen molar-refractivity contribution in [2.75, 3.05) is 39.0 Å². The van der Waals surface area contributed by atoms with Gasteiger partial charge in [0.05, 0.1) is 17.3 Å². The third-order valence-electron chi connectivity index (χ3n) is 5.28. The lowest BCUT2D eigenvalue weighted by atomic mass is 10.1. The van der Waals surface area contributed by atoms with Gasteiger partial charge in [-0.2, -0.15) is 10.1 Å². The predicted molar refractivity (Wildman–Crippen MR) is 106 cm³/mol. The zero-order chi connectivity index (χ0) is 19.3. The maximum absolute atomic E-state index is 13.0. The van der Waals surface area contributed by atoms with Crippen LogP contribution in [0.4, 0.5) is 6.01 Å². The van der Waals surface area contributed by atoms with E-state index in [9.17, 15) is 4.79 Å². The van der Waals surface area contributed by atoms with Crippen molar-refractivity contribution >= 4 is 28.5 Å². The van der Waals surface area contributed by atoms with E-state index >= 15 is 0 Å². The number of carbonyl (C=O) groups is 1. The van der Waals surface area contributed by atoms with Crippen LogP contribution in [0.3, 0.4) is 0 Å². The number of piperazine rings is 1. The molecule has 0 atom stereocenters. The fourth-order valence-corrected chi connectivity index (χ4v) is 3.63. The van der Waals surface area contributed by atoms with Gasteiger partial charge in [0.15, 0.2) is 5.58 Å². The van der Waals surface area contributed by atoms with Crippen LogP contribution >= 0.6 is 0 Å². The molecule has 0 radical (unpaired) electrons. The Labute approximate surface area is 161 Å². The largest absolute Gasteiger partial charge is 0.424 e. The van der Waals surface area contributed by atoms with Crippen molar-refractivity contribution < 1.29 is 9.21 Å². The predicted octanol–water partition coefficient (Wildman–Crippen LogP) is 2.11. The number of aromatic nitrogens is 3. The Balaban J connectivity index is 1.53. The number of oxazole rings is 1. The van der Waals surface area contributed by atoms with Gasteiger partial charge in [-0.15, -0.1) is 0 Å². The van der Waals surface area contributed by atoms with Crippen LogP contribution < -0.4 is 5.73 Å². The first kappa shape index (κ1) is 16.8. The molecule has 8 heteroatoms. The lowest BCUT2D eigenvalue weighted by molar-refractivity contribution is 0.0666. The van der Waals surface area contributed by atoms with Crippen molar-refractivity contribution in [3.8, 4) is 11.1 Å². The Morgan fingerprint density at radius 2 is 1.89 bits per heavy atom. The van der Waals surface area contributed by atoms with Crippen molar-refractivity contribution in [1.29, 1.82) is 0 Å². The molecule has 5 rings (SSSR count). The summed E-state index contributed by atoms with van der Waals surface area (Å²) in [4.78, 5) is 21.3. The molecule has 1 aliphatic heterocycles. The molecular formula is C20H20N6O2. The summed E-state index contributed by atoms with van der Waals surface area (Å²) in [6.45, 7) is 3.24. The number of likely N-dealkylation sites (N-methyl/N-ethyl adjacent to an activating group) is 1. The average Bonchev–Trinajstić information content (AvgIpc) is 3.29. The standard InChI is InChI=1S/C20H20N6O2/c1-24-6-8-25(9-7-24)19(27)15-12-22-26-5-4-14(11-17(15)26)13-2-3-18-16(10-13)23-20(21)28-18/h2-5,10-12H,6-9H2,1H3,(H2,21,23). The normalized spacial score (nSPS) is 15.5. The van der Waals surface area contributed by atoms with Gasteiger partial charge >= 0.3 is 0 Å². The van der Waals surface area contributed by atoms with Gasteiger partial charge in [0.25, 0.3) is 11.9 Å². The zero-order valence-electron chi connectivity index (χ0n) is 15.5. The summed E-state index contributed by atoms with van der Waals surface area (Å²) < 4.78 is 7.08. The van der Waals surface area contributed by atoms with Gasteiger partial charge in [-0.1, -0.05) is 6.07 Å². The summed E-state index contributed by atoms with van der Waals surface area (Å²) in [5.74, 6) is 0.0278. The maximum atomic E-state index is 13.0. The first-order valence-corrected chi connectivity index (χ1v) is 9.20. The van der Waals surface area contributed by atoms with Crippen LogP contribution in [-0.2, 0) is 0 Å². The molecule has 0 spiro atoms. The molecule has 0 aliphatic carbocycles. The van der Waals surface area contributed by atoms with E-state index in [1.165, 1.54) is 0 Å². The number of amides is 1. The molecule has 1 fully saturated rings. The van der Waals surface area contributed by atoms with E-state index in [2.05, 4.69) is 22.0 Å². The van der Waals surface area contributed by atoms with Crippen LogP contribution in [0.1, 0.15) is 10.4 Å². The number of nitrogens with zero attached hydrogens (tertiary/aromatic N) is 5. The molecule has 3 aromatic heterocycles. The number of hydrogen-bond acceptors (Lipinski definition) is 6. The molecule has 1 aliphatic rings. The van der Waals surface area contributed by atoms with Gasteiger partial charge < -0.3 is 20.0 Å². The minimum Gasteiger partial charge on any atom is -0.424 e. The molecular weight excluding hydrogens is 356 g/mol. The molecule has 1 saturated heterocycles. The van der Waals surface area contributed by atoms with E-state index in [4.69, 9.17) is 10.2 Å². The second-order valence-corrected chi connectivity index (χ2v) is 7.13. The summed E-state index contributed by atoms with van der Waals surface area (Å²) in [5, 5.41) is 4.35. The molecule has 8 nitrogen and oxygen atoms in total.